The molecule has 4 nitrogen and oxygen atoms in total. The van der Waals surface area contributed by atoms with Gasteiger partial charge in [0.05, 0.1) is 24.4 Å². The zero-order chi connectivity index (χ0) is 13.3. The Hall–Kier alpha value is -0.160. The lowest BCUT2D eigenvalue weighted by atomic mass is 10.1. The van der Waals surface area contributed by atoms with Gasteiger partial charge in [-0.1, -0.05) is 0 Å². The Balaban J connectivity index is 2.53. The van der Waals surface area contributed by atoms with Crippen LogP contribution in [0.5, 0.6) is 0 Å². The maximum atomic E-state index is 9.85. The van der Waals surface area contributed by atoms with Crippen molar-refractivity contribution < 1.29 is 19.3 Å². The Labute approximate surface area is 104 Å². The monoisotopic (exact) mass is 246 g/mol. The summed E-state index contributed by atoms with van der Waals surface area (Å²) in [6.45, 7) is 12.7. The van der Waals surface area contributed by atoms with E-state index in [1.807, 2.05) is 41.5 Å². The SMILES string of the molecule is CC(C)(C)OC[C@H]1OCC(O)[C@H]1OC(C)(C)C. The van der Waals surface area contributed by atoms with Crippen LogP contribution in [0.1, 0.15) is 41.5 Å². The second-order valence-electron chi connectivity index (χ2n) is 6.56. The van der Waals surface area contributed by atoms with Crippen LogP contribution in [-0.4, -0.2) is 47.8 Å². The van der Waals surface area contributed by atoms with Gasteiger partial charge in [-0.2, -0.15) is 0 Å². The van der Waals surface area contributed by atoms with Gasteiger partial charge in [-0.05, 0) is 41.5 Å². The number of aliphatic hydroxyl groups excluding tert-OH is 1. The standard InChI is InChI=1S/C13H26O4/c1-12(2,3)16-8-10-11(9(14)7-15-10)17-13(4,5)6/h9-11,14H,7-8H2,1-6H3/t9?,10-,11-/m1/s1. The fourth-order valence-corrected chi connectivity index (χ4v) is 1.70. The molecule has 0 spiro atoms. The molecule has 1 fully saturated rings. The molecule has 4 heteroatoms. The van der Waals surface area contributed by atoms with Gasteiger partial charge in [0.2, 0.25) is 0 Å². The Morgan fingerprint density at radius 1 is 1.12 bits per heavy atom. The number of aliphatic hydroxyl groups is 1. The molecular weight excluding hydrogens is 220 g/mol. The highest BCUT2D eigenvalue weighted by molar-refractivity contribution is 4.87. The first kappa shape index (κ1) is 14.9. The average Bonchev–Trinajstić information content (AvgIpc) is 2.41. The van der Waals surface area contributed by atoms with Crippen LogP contribution in [0.4, 0.5) is 0 Å². The molecule has 1 saturated heterocycles. The second kappa shape index (κ2) is 5.22. The van der Waals surface area contributed by atoms with Crippen LogP contribution in [0.15, 0.2) is 0 Å². The average molecular weight is 246 g/mol. The van der Waals surface area contributed by atoms with Crippen LogP contribution in [0.3, 0.4) is 0 Å². The van der Waals surface area contributed by atoms with E-state index in [-0.39, 0.29) is 23.4 Å². The summed E-state index contributed by atoms with van der Waals surface area (Å²) in [4.78, 5) is 0. The van der Waals surface area contributed by atoms with Gasteiger partial charge in [-0.25, -0.2) is 0 Å². The maximum Gasteiger partial charge on any atom is 0.115 e. The van der Waals surface area contributed by atoms with E-state index in [1.165, 1.54) is 0 Å². The molecular formula is C13H26O4. The lowest BCUT2D eigenvalue weighted by molar-refractivity contribution is -0.136. The molecule has 0 amide bonds. The molecule has 0 radical (unpaired) electrons. The molecule has 0 aromatic rings. The summed E-state index contributed by atoms with van der Waals surface area (Å²) in [7, 11) is 0. The van der Waals surface area contributed by atoms with Gasteiger partial charge in [-0.15, -0.1) is 0 Å². The van der Waals surface area contributed by atoms with Crippen molar-refractivity contribution in [2.24, 2.45) is 0 Å². The van der Waals surface area contributed by atoms with Crippen LogP contribution >= 0.6 is 0 Å². The molecule has 3 atom stereocenters. The zero-order valence-corrected chi connectivity index (χ0v) is 11.8. The third-order valence-corrected chi connectivity index (χ3v) is 2.40. The quantitative estimate of drug-likeness (QED) is 0.824. The van der Waals surface area contributed by atoms with Crippen LogP contribution in [0.2, 0.25) is 0 Å². The molecule has 17 heavy (non-hydrogen) atoms. The van der Waals surface area contributed by atoms with Crippen LogP contribution in [-0.2, 0) is 14.2 Å². The number of ether oxygens (including phenoxy) is 3. The third kappa shape index (κ3) is 5.34. The van der Waals surface area contributed by atoms with E-state index >= 15 is 0 Å². The van der Waals surface area contributed by atoms with Crippen LogP contribution in [0, 0.1) is 0 Å². The molecule has 1 aliphatic heterocycles. The van der Waals surface area contributed by atoms with Crippen molar-refractivity contribution in [3.63, 3.8) is 0 Å². The molecule has 1 rings (SSSR count). The normalized spacial score (nSPS) is 30.9. The molecule has 0 aromatic heterocycles. The van der Waals surface area contributed by atoms with Crippen molar-refractivity contribution in [1.82, 2.24) is 0 Å². The van der Waals surface area contributed by atoms with Gasteiger partial charge >= 0.3 is 0 Å². The van der Waals surface area contributed by atoms with Gasteiger partial charge < -0.3 is 19.3 Å². The van der Waals surface area contributed by atoms with Crippen LogP contribution in [0.25, 0.3) is 0 Å². The maximum absolute atomic E-state index is 9.85. The van der Waals surface area contributed by atoms with Gasteiger partial charge in [0.15, 0.2) is 0 Å². The first-order valence-corrected chi connectivity index (χ1v) is 6.20. The predicted molar refractivity (Wildman–Crippen MR) is 66.1 cm³/mol. The molecule has 1 aliphatic rings. The highest BCUT2D eigenvalue weighted by atomic mass is 16.6. The van der Waals surface area contributed by atoms with E-state index in [2.05, 4.69) is 0 Å². The lowest BCUT2D eigenvalue weighted by Crippen LogP contribution is -2.42. The number of hydrogen-bond acceptors (Lipinski definition) is 4. The smallest absolute Gasteiger partial charge is 0.115 e. The van der Waals surface area contributed by atoms with Crippen molar-refractivity contribution in [2.75, 3.05) is 13.2 Å². The number of rotatable bonds is 3. The molecule has 0 saturated carbocycles. The van der Waals surface area contributed by atoms with E-state index < -0.39 is 6.10 Å². The first-order valence-electron chi connectivity index (χ1n) is 6.20. The predicted octanol–water partition coefficient (Wildman–Crippen LogP) is 1.74. The molecule has 102 valence electrons. The Kier molecular flexibility index (Phi) is 4.58. The highest BCUT2D eigenvalue weighted by Gasteiger charge is 2.40. The topological polar surface area (TPSA) is 47.9 Å². The van der Waals surface area contributed by atoms with E-state index in [4.69, 9.17) is 14.2 Å². The first-order chi connectivity index (χ1) is 7.58. The molecule has 0 aliphatic carbocycles. The van der Waals surface area contributed by atoms with Gasteiger partial charge in [0.1, 0.15) is 18.3 Å². The Morgan fingerprint density at radius 3 is 2.18 bits per heavy atom. The minimum absolute atomic E-state index is 0.191. The van der Waals surface area contributed by atoms with Crippen LogP contribution < -0.4 is 0 Å². The second-order valence-corrected chi connectivity index (χ2v) is 6.56. The summed E-state index contributed by atoms with van der Waals surface area (Å²) in [5.74, 6) is 0. The number of hydrogen-bond donors (Lipinski definition) is 1. The van der Waals surface area contributed by atoms with Gasteiger partial charge in [0.25, 0.3) is 0 Å². The van der Waals surface area contributed by atoms with Gasteiger partial charge in [-0.3, -0.25) is 0 Å². The van der Waals surface area contributed by atoms with E-state index in [9.17, 15) is 5.11 Å². The fourth-order valence-electron chi connectivity index (χ4n) is 1.70. The lowest BCUT2D eigenvalue weighted by Gasteiger charge is -2.30. The summed E-state index contributed by atoms with van der Waals surface area (Å²) in [6.07, 6.45) is -1.07. The summed E-state index contributed by atoms with van der Waals surface area (Å²) in [5.41, 5.74) is -0.498. The summed E-state index contributed by atoms with van der Waals surface area (Å²) in [5, 5.41) is 9.85. The summed E-state index contributed by atoms with van der Waals surface area (Å²) in [6, 6.07) is 0. The Bertz CT molecular complexity index is 239. The van der Waals surface area contributed by atoms with Crippen molar-refractivity contribution >= 4 is 0 Å². The largest absolute Gasteiger partial charge is 0.388 e. The van der Waals surface area contributed by atoms with Crippen molar-refractivity contribution in [2.45, 2.75) is 71.1 Å². The highest BCUT2D eigenvalue weighted by Crippen LogP contribution is 2.24. The van der Waals surface area contributed by atoms with Crippen molar-refractivity contribution in [1.29, 1.82) is 0 Å². The van der Waals surface area contributed by atoms with E-state index in [0.717, 1.165) is 0 Å². The molecule has 1 unspecified atom stereocenters. The van der Waals surface area contributed by atoms with E-state index in [0.29, 0.717) is 13.2 Å². The molecule has 0 bridgehead atoms. The molecule has 1 N–H and O–H groups in total. The minimum atomic E-state index is -0.567. The fraction of sp³-hybridized carbons (Fsp3) is 1.00. The van der Waals surface area contributed by atoms with Crippen molar-refractivity contribution in [3.8, 4) is 0 Å². The van der Waals surface area contributed by atoms with Gasteiger partial charge in [0, 0.05) is 0 Å². The summed E-state index contributed by atoms with van der Waals surface area (Å²) >= 11 is 0. The molecule has 1 heterocycles. The third-order valence-electron chi connectivity index (χ3n) is 2.40. The van der Waals surface area contributed by atoms with Crippen molar-refractivity contribution in [3.05, 3.63) is 0 Å². The zero-order valence-electron chi connectivity index (χ0n) is 11.8. The Morgan fingerprint density at radius 2 is 1.71 bits per heavy atom. The minimum Gasteiger partial charge on any atom is -0.388 e. The summed E-state index contributed by atoms with van der Waals surface area (Å²) < 4.78 is 17.0. The molecule has 0 aromatic carbocycles. The van der Waals surface area contributed by atoms with E-state index in [1.54, 1.807) is 0 Å².